The number of rotatable bonds is 5. The lowest BCUT2D eigenvalue weighted by Gasteiger charge is -2.34. The van der Waals surface area contributed by atoms with Gasteiger partial charge in [0, 0.05) is 25.0 Å². The summed E-state index contributed by atoms with van der Waals surface area (Å²) in [5.41, 5.74) is 2.03. The maximum atomic E-state index is 13.4. The fraction of sp³-hybridized carbons (Fsp3) is 0.391. The second-order valence-corrected chi connectivity index (χ2v) is 7.64. The predicted molar refractivity (Wildman–Crippen MR) is 105 cm³/mol. The number of hydrogen-bond acceptors (Lipinski definition) is 2. The number of nitrogens with one attached hydrogen (secondary N) is 1. The first-order chi connectivity index (χ1) is 13.2. The van der Waals surface area contributed by atoms with Crippen molar-refractivity contribution < 1.29 is 9.59 Å². The van der Waals surface area contributed by atoms with E-state index in [0.29, 0.717) is 19.1 Å². The van der Waals surface area contributed by atoms with Crippen LogP contribution in [0.4, 0.5) is 0 Å². The number of hydrogen-bond donors (Lipinski definition) is 1. The SMILES string of the molecule is O=C(NC1CC1)C1CCN(C(=O)C(c2ccccc2)c2ccccc2)CC1. The molecule has 2 aromatic rings. The van der Waals surface area contributed by atoms with Gasteiger partial charge in [-0.25, -0.2) is 0 Å². The second-order valence-electron chi connectivity index (χ2n) is 7.64. The highest BCUT2D eigenvalue weighted by Crippen LogP contribution is 2.29. The molecule has 1 N–H and O–H groups in total. The molecule has 2 aromatic carbocycles. The van der Waals surface area contributed by atoms with Crippen molar-refractivity contribution in [1.82, 2.24) is 10.2 Å². The molecule has 2 fully saturated rings. The molecule has 4 heteroatoms. The largest absolute Gasteiger partial charge is 0.353 e. The van der Waals surface area contributed by atoms with Crippen LogP contribution in [0.3, 0.4) is 0 Å². The zero-order valence-electron chi connectivity index (χ0n) is 15.5. The van der Waals surface area contributed by atoms with Gasteiger partial charge in [0.05, 0.1) is 5.92 Å². The molecular weight excluding hydrogens is 336 g/mol. The summed E-state index contributed by atoms with van der Waals surface area (Å²) in [5, 5.41) is 3.10. The maximum absolute atomic E-state index is 13.4. The van der Waals surface area contributed by atoms with Crippen LogP contribution in [-0.2, 0) is 9.59 Å². The Kier molecular flexibility index (Phi) is 5.23. The highest BCUT2D eigenvalue weighted by atomic mass is 16.2. The van der Waals surface area contributed by atoms with Gasteiger partial charge in [0.15, 0.2) is 0 Å². The summed E-state index contributed by atoms with van der Waals surface area (Å²) in [4.78, 5) is 27.6. The van der Waals surface area contributed by atoms with Crippen molar-refractivity contribution in [2.24, 2.45) is 5.92 Å². The van der Waals surface area contributed by atoms with Gasteiger partial charge in [0.2, 0.25) is 11.8 Å². The van der Waals surface area contributed by atoms with Crippen LogP contribution >= 0.6 is 0 Å². The number of benzene rings is 2. The minimum Gasteiger partial charge on any atom is -0.353 e. The summed E-state index contributed by atoms with van der Waals surface area (Å²) < 4.78 is 0. The van der Waals surface area contributed by atoms with Crippen LogP contribution in [0.2, 0.25) is 0 Å². The van der Waals surface area contributed by atoms with E-state index >= 15 is 0 Å². The molecule has 4 nitrogen and oxygen atoms in total. The van der Waals surface area contributed by atoms with Gasteiger partial charge in [-0.3, -0.25) is 9.59 Å². The minimum absolute atomic E-state index is 0.0431. The predicted octanol–water partition coefficient (Wildman–Crippen LogP) is 3.34. The minimum atomic E-state index is -0.288. The molecule has 1 aliphatic carbocycles. The van der Waals surface area contributed by atoms with Crippen molar-refractivity contribution in [3.63, 3.8) is 0 Å². The standard InChI is InChI=1S/C23H26N2O2/c26-22(24-20-11-12-20)19-13-15-25(16-14-19)23(27)21(17-7-3-1-4-8-17)18-9-5-2-6-10-18/h1-10,19-21H,11-16H2,(H,24,26). The van der Waals surface area contributed by atoms with Crippen molar-refractivity contribution in [3.05, 3.63) is 71.8 Å². The lowest BCUT2D eigenvalue weighted by atomic mass is 9.88. The van der Waals surface area contributed by atoms with E-state index in [4.69, 9.17) is 0 Å². The number of carbonyl (C=O) groups excluding carboxylic acids is 2. The fourth-order valence-electron chi connectivity index (χ4n) is 3.86. The number of amides is 2. The Hall–Kier alpha value is -2.62. The van der Waals surface area contributed by atoms with E-state index in [0.717, 1.165) is 36.8 Å². The number of likely N-dealkylation sites (tertiary alicyclic amines) is 1. The van der Waals surface area contributed by atoms with Gasteiger partial charge in [-0.2, -0.15) is 0 Å². The highest BCUT2D eigenvalue weighted by Gasteiger charge is 2.33. The lowest BCUT2D eigenvalue weighted by Crippen LogP contribution is -2.45. The molecule has 0 bridgehead atoms. The van der Waals surface area contributed by atoms with Crippen molar-refractivity contribution in [3.8, 4) is 0 Å². The summed E-state index contributed by atoms with van der Waals surface area (Å²) in [6, 6.07) is 20.3. The van der Waals surface area contributed by atoms with E-state index in [1.807, 2.05) is 65.6 Å². The third-order valence-corrected chi connectivity index (χ3v) is 5.61. The summed E-state index contributed by atoms with van der Waals surface area (Å²) in [6.07, 6.45) is 3.72. The molecule has 0 radical (unpaired) electrons. The molecule has 0 aromatic heterocycles. The molecule has 1 saturated heterocycles. The highest BCUT2D eigenvalue weighted by molar-refractivity contribution is 5.87. The van der Waals surface area contributed by atoms with Gasteiger partial charge in [0.1, 0.15) is 0 Å². The van der Waals surface area contributed by atoms with E-state index in [2.05, 4.69) is 5.32 Å². The van der Waals surface area contributed by atoms with Gasteiger partial charge in [0.25, 0.3) is 0 Å². The van der Waals surface area contributed by atoms with Crippen molar-refractivity contribution in [1.29, 1.82) is 0 Å². The van der Waals surface area contributed by atoms with Crippen LogP contribution in [-0.4, -0.2) is 35.8 Å². The third kappa shape index (κ3) is 4.21. The third-order valence-electron chi connectivity index (χ3n) is 5.61. The first-order valence-electron chi connectivity index (χ1n) is 9.91. The Bertz CT molecular complexity index is 739. The fourth-order valence-corrected chi connectivity index (χ4v) is 3.86. The van der Waals surface area contributed by atoms with E-state index in [-0.39, 0.29) is 23.7 Å². The molecule has 1 saturated carbocycles. The Morgan fingerprint density at radius 1 is 0.815 bits per heavy atom. The monoisotopic (exact) mass is 362 g/mol. The summed E-state index contributed by atoms with van der Waals surface area (Å²) >= 11 is 0. The zero-order chi connectivity index (χ0) is 18.6. The van der Waals surface area contributed by atoms with Gasteiger partial charge < -0.3 is 10.2 Å². The topological polar surface area (TPSA) is 49.4 Å². The average molecular weight is 362 g/mol. The Morgan fingerprint density at radius 3 is 1.81 bits per heavy atom. The molecule has 1 heterocycles. The molecule has 1 aliphatic heterocycles. The van der Waals surface area contributed by atoms with Crippen molar-refractivity contribution in [2.75, 3.05) is 13.1 Å². The van der Waals surface area contributed by atoms with Crippen LogP contribution in [0.1, 0.15) is 42.7 Å². The molecule has 2 amide bonds. The average Bonchev–Trinajstić information content (AvgIpc) is 3.54. The molecule has 4 rings (SSSR count). The Balaban J connectivity index is 1.47. The number of nitrogens with zero attached hydrogens (tertiary/aromatic N) is 1. The summed E-state index contributed by atoms with van der Waals surface area (Å²) in [7, 11) is 0. The lowest BCUT2D eigenvalue weighted by molar-refractivity contribution is -0.136. The second kappa shape index (κ2) is 7.95. The Labute approximate surface area is 160 Å². The number of carbonyl (C=O) groups is 2. The van der Waals surface area contributed by atoms with Crippen LogP contribution < -0.4 is 5.32 Å². The van der Waals surface area contributed by atoms with E-state index in [1.54, 1.807) is 0 Å². The number of piperidine rings is 1. The normalized spacial score (nSPS) is 17.7. The van der Waals surface area contributed by atoms with Gasteiger partial charge in [-0.05, 0) is 36.8 Å². The molecule has 0 spiro atoms. The smallest absolute Gasteiger partial charge is 0.234 e. The van der Waals surface area contributed by atoms with E-state index < -0.39 is 0 Å². The first kappa shape index (κ1) is 17.8. The molecule has 0 atom stereocenters. The maximum Gasteiger partial charge on any atom is 0.234 e. The van der Waals surface area contributed by atoms with E-state index in [1.165, 1.54) is 0 Å². The molecule has 27 heavy (non-hydrogen) atoms. The van der Waals surface area contributed by atoms with Crippen LogP contribution in [0.25, 0.3) is 0 Å². The van der Waals surface area contributed by atoms with Crippen LogP contribution in [0, 0.1) is 5.92 Å². The molecule has 140 valence electrons. The van der Waals surface area contributed by atoms with Gasteiger partial charge in [-0.15, -0.1) is 0 Å². The molecule has 0 unspecified atom stereocenters. The van der Waals surface area contributed by atoms with Crippen molar-refractivity contribution in [2.45, 2.75) is 37.6 Å². The van der Waals surface area contributed by atoms with Crippen molar-refractivity contribution >= 4 is 11.8 Å². The summed E-state index contributed by atoms with van der Waals surface area (Å²) in [6.45, 7) is 1.30. The Morgan fingerprint density at radius 2 is 1.33 bits per heavy atom. The zero-order valence-corrected chi connectivity index (χ0v) is 15.5. The first-order valence-corrected chi connectivity index (χ1v) is 9.91. The quantitative estimate of drug-likeness (QED) is 0.887. The van der Waals surface area contributed by atoms with Crippen LogP contribution in [0.5, 0.6) is 0 Å². The summed E-state index contributed by atoms with van der Waals surface area (Å²) in [5.74, 6) is 0.0616. The van der Waals surface area contributed by atoms with Gasteiger partial charge in [-0.1, -0.05) is 60.7 Å². The van der Waals surface area contributed by atoms with Crippen LogP contribution in [0.15, 0.2) is 60.7 Å². The van der Waals surface area contributed by atoms with E-state index in [9.17, 15) is 9.59 Å². The van der Waals surface area contributed by atoms with Gasteiger partial charge >= 0.3 is 0 Å². The molecular formula is C23H26N2O2. The molecule has 2 aliphatic rings.